The van der Waals surface area contributed by atoms with Gasteiger partial charge in [0.25, 0.3) is 5.56 Å². The molecule has 5 nitrogen and oxygen atoms in total. The standard InChI is InChI=1S/C8H8N4O/c9-12-5-1-2-6-7(3-5)11-8(13)4-10-6/h1-4,12H,9H2,(H,11,13). The third-order valence-corrected chi connectivity index (χ3v) is 1.74. The van der Waals surface area contributed by atoms with Gasteiger partial charge in [0, 0.05) is 0 Å². The Morgan fingerprint density at radius 2 is 2.31 bits per heavy atom. The van der Waals surface area contributed by atoms with E-state index < -0.39 is 0 Å². The number of anilines is 1. The van der Waals surface area contributed by atoms with Crippen molar-refractivity contribution in [2.75, 3.05) is 5.43 Å². The van der Waals surface area contributed by atoms with Crippen molar-refractivity contribution in [1.82, 2.24) is 9.97 Å². The summed E-state index contributed by atoms with van der Waals surface area (Å²) < 4.78 is 0. The number of rotatable bonds is 1. The number of hydrazine groups is 1. The Hall–Kier alpha value is -1.88. The SMILES string of the molecule is NNc1ccc2ncc(=O)[nH]c2c1. The molecule has 1 aromatic carbocycles. The first-order valence-electron chi connectivity index (χ1n) is 3.75. The average molecular weight is 176 g/mol. The Bertz CT molecular complexity index is 491. The molecule has 2 rings (SSSR count). The Morgan fingerprint density at radius 3 is 3.08 bits per heavy atom. The molecule has 0 atom stereocenters. The number of nitrogens with two attached hydrogens (primary N) is 1. The highest BCUT2D eigenvalue weighted by molar-refractivity contribution is 5.77. The lowest BCUT2D eigenvalue weighted by Gasteiger charge is -2.00. The second-order valence-corrected chi connectivity index (χ2v) is 2.62. The number of nitrogens with zero attached hydrogens (tertiary/aromatic N) is 1. The fourth-order valence-corrected chi connectivity index (χ4v) is 1.13. The number of H-pyrrole nitrogens is 1. The summed E-state index contributed by atoms with van der Waals surface area (Å²) >= 11 is 0. The third-order valence-electron chi connectivity index (χ3n) is 1.74. The van der Waals surface area contributed by atoms with Gasteiger partial charge in [-0.05, 0) is 18.2 Å². The van der Waals surface area contributed by atoms with Gasteiger partial charge >= 0.3 is 0 Å². The molecule has 0 fully saturated rings. The van der Waals surface area contributed by atoms with Gasteiger partial charge in [-0.3, -0.25) is 10.6 Å². The fourth-order valence-electron chi connectivity index (χ4n) is 1.13. The summed E-state index contributed by atoms with van der Waals surface area (Å²) in [7, 11) is 0. The summed E-state index contributed by atoms with van der Waals surface area (Å²) in [4.78, 5) is 17.5. The van der Waals surface area contributed by atoms with Crippen LogP contribution in [-0.2, 0) is 0 Å². The number of aromatic amines is 1. The zero-order valence-electron chi connectivity index (χ0n) is 6.74. The zero-order valence-corrected chi connectivity index (χ0v) is 6.74. The molecular weight excluding hydrogens is 168 g/mol. The minimum absolute atomic E-state index is 0.221. The first-order valence-corrected chi connectivity index (χ1v) is 3.75. The zero-order chi connectivity index (χ0) is 9.26. The summed E-state index contributed by atoms with van der Waals surface area (Å²) in [6, 6.07) is 5.29. The van der Waals surface area contributed by atoms with Crippen LogP contribution < -0.4 is 16.8 Å². The Morgan fingerprint density at radius 1 is 1.46 bits per heavy atom. The monoisotopic (exact) mass is 176 g/mol. The number of nitrogens with one attached hydrogen (secondary N) is 2. The highest BCUT2D eigenvalue weighted by atomic mass is 16.1. The van der Waals surface area contributed by atoms with E-state index in [0.717, 1.165) is 11.2 Å². The first kappa shape index (κ1) is 7.75. The van der Waals surface area contributed by atoms with Crippen LogP contribution in [0.4, 0.5) is 5.69 Å². The second kappa shape index (κ2) is 2.87. The van der Waals surface area contributed by atoms with Crippen LogP contribution in [0.25, 0.3) is 11.0 Å². The predicted octanol–water partition coefficient (Wildman–Crippen LogP) is 0.209. The Labute approximate surface area is 73.6 Å². The van der Waals surface area contributed by atoms with Crippen molar-refractivity contribution < 1.29 is 0 Å². The topological polar surface area (TPSA) is 83.8 Å². The Kier molecular flexibility index (Phi) is 1.71. The molecule has 0 aliphatic heterocycles. The van der Waals surface area contributed by atoms with Gasteiger partial charge in [0.15, 0.2) is 0 Å². The van der Waals surface area contributed by atoms with Gasteiger partial charge in [-0.25, -0.2) is 4.98 Å². The molecule has 0 aliphatic carbocycles. The van der Waals surface area contributed by atoms with Crippen LogP contribution in [0.1, 0.15) is 0 Å². The molecule has 4 N–H and O–H groups in total. The maximum atomic E-state index is 10.9. The summed E-state index contributed by atoms with van der Waals surface area (Å²) in [5, 5.41) is 0. The van der Waals surface area contributed by atoms with Crippen LogP contribution in [0.3, 0.4) is 0 Å². The molecular formula is C8H8N4O. The molecule has 1 aromatic heterocycles. The van der Waals surface area contributed by atoms with Gasteiger partial charge in [0.2, 0.25) is 0 Å². The van der Waals surface area contributed by atoms with Gasteiger partial charge in [0.05, 0.1) is 22.9 Å². The number of hydrogen-bond acceptors (Lipinski definition) is 4. The van der Waals surface area contributed by atoms with E-state index >= 15 is 0 Å². The van der Waals surface area contributed by atoms with Crippen molar-refractivity contribution in [2.24, 2.45) is 5.84 Å². The molecule has 2 aromatic rings. The van der Waals surface area contributed by atoms with Crippen molar-refractivity contribution in [1.29, 1.82) is 0 Å². The van der Waals surface area contributed by atoms with E-state index in [1.54, 1.807) is 18.2 Å². The van der Waals surface area contributed by atoms with Crippen molar-refractivity contribution in [3.63, 3.8) is 0 Å². The summed E-state index contributed by atoms with van der Waals surface area (Å²) in [5.41, 5.74) is 4.40. The lowest BCUT2D eigenvalue weighted by atomic mass is 10.3. The molecule has 0 saturated carbocycles. The van der Waals surface area contributed by atoms with E-state index in [-0.39, 0.29) is 5.56 Å². The van der Waals surface area contributed by atoms with Gasteiger partial charge in [-0.15, -0.1) is 0 Å². The van der Waals surface area contributed by atoms with E-state index in [0.29, 0.717) is 5.52 Å². The molecule has 0 aliphatic rings. The van der Waals surface area contributed by atoms with E-state index in [1.807, 2.05) is 0 Å². The lowest BCUT2D eigenvalue weighted by molar-refractivity contribution is 1.21. The van der Waals surface area contributed by atoms with E-state index in [1.165, 1.54) is 6.20 Å². The summed E-state index contributed by atoms with van der Waals surface area (Å²) in [6.45, 7) is 0. The number of nitrogen functional groups attached to an aromatic ring is 1. The minimum atomic E-state index is -0.221. The van der Waals surface area contributed by atoms with Crippen LogP contribution >= 0.6 is 0 Å². The molecule has 0 unspecified atom stereocenters. The molecule has 0 spiro atoms. The molecule has 0 amide bonds. The Balaban J connectivity index is 2.75. The molecule has 0 saturated heterocycles. The van der Waals surface area contributed by atoms with Crippen molar-refractivity contribution in [2.45, 2.75) is 0 Å². The summed E-state index contributed by atoms with van der Waals surface area (Å²) in [5.74, 6) is 5.22. The number of fused-ring (bicyclic) bond motifs is 1. The number of benzene rings is 1. The fraction of sp³-hybridized carbons (Fsp3) is 0. The maximum absolute atomic E-state index is 10.9. The van der Waals surface area contributed by atoms with Crippen LogP contribution in [-0.4, -0.2) is 9.97 Å². The largest absolute Gasteiger partial charge is 0.324 e. The normalized spacial score (nSPS) is 10.2. The van der Waals surface area contributed by atoms with E-state index in [4.69, 9.17) is 5.84 Å². The second-order valence-electron chi connectivity index (χ2n) is 2.62. The van der Waals surface area contributed by atoms with Crippen LogP contribution in [0, 0.1) is 0 Å². The minimum Gasteiger partial charge on any atom is -0.324 e. The van der Waals surface area contributed by atoms with Crippen LogP contribution in [0.5, 0.6) is 0 Å². The van der Waals surface area contributed by atoms with Gasteiger partial charge in [0.1, 0.15) is 0 Å². The molecule has 66 valence electrons. The molecule has 0 radical (unpaired) electrons. The number of hydrogen-bond donors (Lipinski definition) is 3. The lowest BCUT2D eigenvalue weighted by Crippen LogP contribution is -2.08. The molecule has 13 heavy (non-hydrogen) atoms. The van der Waals surface area contributed by atoms with Crippen molar-refractivity contribution >= 4 is 16.7 Å². The van der Waals surface area contributed by atoms with E-state index in [2.05, 4.69) is 15.4 Å². The predicted molar refractivity (Wildman–Crippen MR) is 50.2 cm³/mol. The highest BCUT2D eigenvalue weighted by Gasteiger charge is 1.96. The summed E-state index contributed by atoms with van der Waals surface area (Å²) in [6.07, 6.45) is 1.25. The van der Waals surface area contributed by atoms with Crippen LogP contribution in [0.15, 0.2) is 29.2 Å². The van der Waals surface area contributed by atoms with Crippen molar-refractivity contribution in [3.8, 4) is 0 Å². The smallest absolute Gasteiger partial charge is 0.266 e. The van der Waals surface area contributed by atoms with Gasteiger partial charge in [-0.1, -0.05) is 0 Å². The van der Waals surface area contributed by atoms with Crippen LogP contribution in [0.2, 0.25) is 0 Å². The average Bonchev–Trinajstić information content (AvgIpc) is 2.16. The molecule has 1 heterocycles. The van der Waals surface area contributed by atoms with E-state index in [9.17, 15) is 4.79 Å². The quantitative estimate of drug-likeness (QED) is 0.428. The first-order chi connectivity index (χ1) is 6.29. The highest BCUT2D eigenvalue weighted by Crippen LogP contribution is 2.12. The number of aromatic nitrogens is 2. The third kappa shape index (κ3) is 1.36. The maximum Gasteiger partial charge on any atom is 0.266 e. The van der Waals surface area contributed by atoms with Gasteiger partial charge < -0.3 is 10.4 Å². The molecule has 5 heteroatoms. The molecule has 0 bridgehead atoms. The van der Waals surface area contributed by atoms with Crippen molar-refractivity contribution in [3.05, 3.63) is 34.7 Å². The van der Waals surface area contributed by atoms with Gasteiger partial charge in [-0.2, -0.15) is 0 Å².